The summed E-state index contributed by atoms with van der Waals surface area (Å²) >= 11 is 3.43. The van der Waals surface area contributed by atoms with Crippen LogP contribution in [0.15, 0.2) is 22.7 Å². The summed E-state index contributed by atoms with van der Waals surface area (Å²) in [6.45, 7) is 4.75. The summed E-state index contributed by atoms with van der Waals surface area (Å²) in [5, 5.41) is 9.77. The Morgan fingerprint density at radius 3 is 2.29 bits per heavy atom. The van der Waals surface area contributed by atoms with E-state index in [2.05, 4.69) is 22.9 Å². The molecule has 0 saturated heterocycles. The summed E-state index contributed by atoms with van der Waals surface area (Å²) in [4.78, 5) is 0. The molecule has 0 spiro atoms. The van der Waals surface area contributed by atoms with Crippen LogP contribution in [0, 0.1) is 0 Å². The van der Waals surface area contributed by atoms with Crippen molar-refractivity contribution < 1.29 is 9.84 Å². The van der Waals surface area contributed by atoms with Gasteiger partial charge in [-0.05, 0) is 31.5 Å². The Labute approximate surface area is 138 Å². The summed E-state index contributed by atoms with van der Waals surface area (Å²) in [7, 11) is 0. The molecule has 2 nitrogen and oxygen atoms in total. The number of ether oxygens (including phenoxy) is 1. The summed E-state index contributed by atoms with van der Waals surface area (Å²) in [6.07, 6.45) is 9.89. The van der Waals surface area contributed by atoms with Crippen LogP contribution in [0.25, 0.3) is 0 Å². The van der Waals surface area contributed by atoms with Gasteiger partial charge in [-0.1, -0.05) is 67.8 Å². The van der Waals surface area contributed by atoms with E-state index in [1.54, 1.807) is 6.92 Å². The van der Waals surface area contributed by atoms with Crippen LogP contribution in [-0.2, 0) is 0 Å². The molecule has 0 aliphatic rings. The lowest BCUT2D eigenvalue weighted by Gasteiger charge is -2.14. The molecule has 1 aromatic rings. The zero-order chi connectivity index (χ0) is 15.5. The second-order valence-electron chi connectivity index (χ2n) is 5.68. The first-order valence-corrected chi connectivity index (χ1v) is 9.04. The summed E-state index contributed by atoms with van der Waals surface area (Å²) in [5.74, 6) is 0.802. The molecular formula is C18H29BrO2. The standard InChI is InChI=1S/C18H29BrO2/c1-3-4-5-6-7-8-9-10-13-21-18-12-11-16(19)14-17(18)15(2)20/h11-12,14-15,20H,3-10,13H2,1-2H3/t15-/m1/s1. The number of benzene rings is 1. The lowest BCUT2D eigenvalue weighted by atomic mass is 10.1. The van der Waals surface area contributed by atoms with Crippen molar-refractivity contribution in [3.63, 3.8) is 0 Å². The molecule has 0 fully saturated rings. The molecule has 0 radical (unpaired) electrons. The number of aliphatic hydroxyl groups is 1. The molecule has 0 amide bonds. The fraction of sp³-hybridized carbons (Fsp3) is 0.667. The van der Waals surface area contributed by atoms with Gasteiger partial charge in [0.2, 0.25) is 0 Å². The average Bonchev–Trinajstić information content (AvgIpc) is 2.46. The van der Waals surface area contributed by atoms with E-state index < -0.39 is 6.10 Å². The first kappa shape index (κ1) is 18.5. The Hall–Kier alpha value is -0.540. The van der Waals surface area contributed by atoms with Crippen molar-refractivity contribution in [1.29, 1.82) is 0 Å². The Balaban J connectivity index is 2.18. The van der Waals surface area contributed by atoms with Crippen molar-refractivity contribution in [1.82, 2.24) is 0 Å². The fourth-order valence-electron chi connectivity index (χ4n) is 2.40. The number of aliphatic hydroxyl groups excluding tert-OH is 1. The van der Waals surface area contributed by atoms with Crippen LogP contribution in [0.2, 0.25) is 0 Å². The van der Waals surface area contributed by atoms with E-state index in [-0.39, 0.29) is 0 Å². The monoisotopic (exact) mass is 356 g/mol. The Bertz CT molecular complexity index is 391. The number of rotatable bonds is 11. The Kier molecular flexibility index (Phi) is 9.77. The molecule has 0 aliphatic carbocycles. The zero-order valence-corrected chi connectivity index (χ0v) is 15.0. The largest absolute Gasteiger partial charge is 0.493 e. The van der Waals surface area contributed by atoms with E-state index in [0.717, 1.165) is 28.8 Å². The van der Waals surface area contributed by atoms with Crippen LogP contribution in [0.3, 0.4) is 0 Å². The van der Waals surface area contributed by atoms with E-state index in [1.807, 2.05) is 18.2 Å². The smallest absolute Gasteiger partial charge is 0.125 e. The van der Waals surface area contributed by atoms with Gasteiger partial charge in [-0.25, -0.2) is 0 Å². The lowest BCUT2D eigenvalue weighted by molar-refractivity contribution is 0.190. The first-order chi connectivity index (χ1) is 10.1. The van der Waals surface area contributed by atoms with Crippen LogP contribution in [0.4, 0.5) is 0 Å². The third-order valence-electron chi connectivity index (χ3n) is 3.68. The number of hydrogen-bond donors (Lipinski definition) is 1. The van der Waals surface area contributed by atoms with Crippen molar-refractivity contribution in [2.24, 2.45) is 0 Å². The van der Waals surface area contributed by atoms with Gasteiger partial charge in [0.1, 0.15) is 5.75 Å². The van der Waals surface area contributed by atoms with Crippen molar-refractivity contribution in [2.45, 2.75) is 71.3 Å². The molecule has 0 saturated carbocycles. The molecule has 1 aromatic carbocycles. The molecule has 1 rings (SSSR count). The fourth-order valence-corrected chi connectivity index (χ4v) is 2.77. The Morgan fingerprint density at radius 2 is 1.67 bits per heavy atom. The minimum atomic E-state index is -0.504. The predicted molar refractivity (Wildman–Crippen MR) is 92.9 cm³/mol. The molecule has 0 aliphatic heterocycles. The van der Waals surface area contributed by atoms with Crippen LogP contribution in [-0.4, -0.2) is 11.7 Å². The average molecular weight is 357 g/mol. The number of halogens is 1. The number of unbranched alkanes of at least 4 members (excludes halogenated alkanes) is 7. The zero-order valence-electron chi connectivity index (χ0n) is 13.4. The summed E-state index contributed by atoms with van der Waals surface area (Å²) in [6, 6.07) is 5.81. The maximum atomic E-state index is 9.77. The van der Waals surface area contributed by atoms with Crippen molar-refractivity contribution in [3.05, 3.63) is 28.2 Å². The highest BCUT2D eigenvalue weighted by Crippen LogP contribution is 2.28. The number of hydrogen-bond acceptors (Lipinski definition) is 2. The van der Waals surface area contributed by atoms with Gasteiger partial charge in [-0.2, -0.15) is 0 Å². The van der Waals surface area contributed by atoms with Crippen molar-refractivity contribution in [2.75, 3.05) is 6.61 Å². The molecule has 3 heteroatoms. The van der Waals surface area contributed by atoms with E-state index in [9.17, 15) is 5.11 Å². The van der Waals surface area contributed by atoms with Gasteiger partial charge in [0.25, 0.3) is 0 Å². The van der Waals surface area contributed by atoms with E-state index >= 15 is 0 Å². The second kappa shape index (κ2) is 11.1. The van der Waals surface area contributed by atoms with Gasteiger partial charge in [0.15, 0.2) is 0 Å². The van der Waals surface area contributed by atoms with E-state index in [0.29, 0.717) is 0 Å². The topological polar surface area (TPSA) is 29.5 Å². The van der Waals surface area contributed by atoms with Gasteiger partial charge < -0.3 is 9.84 Å². The molecule has 0 heterocycles. The van der Waals surface area contributed by atoms with Gasteiger partial charge >= 0.3 is 0 Å². The molecule has 0 aromatic heterocycles. The van der Waals surface area contributed by atoms with Crippen LogP contribution >= 0.6 is 15.9 Å². The normalized spacial score (nSPS) is 12.4. The minimum Gasteiger partial charge on any atom is -0.493 e. The highest BCUT2D eigenvalue weighted by molar-refractivity contribution is 9.10. The van der Waals surface area contributed by atoms with Crippen molar-refractivity contribution in [3.8, 4) is 5.75 Å². The third-order valence-corrected chi connectivity index (χ3v) is 4.17. The van der Waals surface area contributed by atoms with E-state index in [4.69, 9.17) is 4.74 Å². The molecule has 1 N–H and O–H groups in total. The maximum absolute atomic E-state index is 9.77. The van der Waals surface area contributed by atoms with Gasteiger partial charge in [0.05, 0.1) is 12.7 Å². The SMILES string of the molecule is CCCCCCCCCCOc1ccc(Br)cc1[C@@H](C)O. The molecular weight excluding hydrogens is 328 g/mol. The van der Waals surface area contributed by atoms with Gasteiger partial charge in [-0.15, -0.1) is 0 Å². The van der Waals surface area contributed by atoms with Gasteiger partial charge in [0, 0.05) is 10.0 Å². The summed E-state index contributed by atoms with van der Waals surface area (Å²) < 4.78 is 6.79. The predicted octanol–water partition coefficient (Wildman–Crippen LogP) is 6.02. The highest BCUT2D eigenvalue weighted by atomic mass is 79.9. The maximum Gasteiger partial charge on any atom is 0.125 e. The summed E-state index contributed by atoms with van der Waals surface area (Å²) in [5.41, 5.74) is 0.851. The first-order valence-electron chi connectivity index (χ1n) is 8.25. The highest BCUT2D eigenvalue weighted by Gasteiger charge is 2.09. The van der Waals surface area contributed by atoms with Crippen LogP contribution in [0.5, 0.6) is 5.75 Å². The van der Waals surface area contributed by atoms with E-state index in [1.165, 1.54) is 44.9 Å². The molecule has 21 heavy (non-hydrogen) atoms. The van der Waals surface area contributed by atoms with Crippen LogP contribution in [0.1, 0.15) is 76.9 Å². The molecule has 120 valence electrons. The molecule has 0 bridgehead atoms. The third kappa shape index (κ3) is 7.87. The quantitative estimate of drug-likeness (QED) is 0.491. The molecule has 0 unspecified atom stereocenters. The minimum absolute atomic E-state index is 0.504. The Morgan fingerprint density at radius 1 is 1.05 bits per heavy atom. The molecule has 1 atom stereocenters. The van der Waals surface area contributed by atoms with Gasteiger partial charge in [-0.3, -0.25) is 0 Å². The second-order valence-corrected chi connectivity index (χ2v) is 6.60. The van der Waals surface area contributed by atoms with Crippen LogP contribution < -0.4 is 4.74 Å². The van der Waals surface area contributed by atoms with Crippen molar-refractivity contribution >= 4 is 15.9 Å². The lowest BCUT2D eigenvalue weighted by Crippen LogP contribution is -2.02.